The first kappa shape index (κ1) is 22.7. The number of nitrogens with two attached hydrogens (primary N) is 1. The van der Waals surface area contributed by atoms with Crippen LogP contribution >= 0.6 is 0 Å². The van der Waals surface area contributed by atoms with Crippen LogP contribution in [0.25, 0.3) is 0 Å². The largest absolute Gasteiger partial charge is 0.506 e. The van der Waals surface area contributed by atoms with E-state index in [1.54, 1.807) is 39.0 Å². The fourth-order valence-electron chi connectivity index (χ4n) is 3.01. The Hall–Kier alpha value is -2.54. The van der Waals surface area contributed by atoms with Gasteiger partial charge in [-0.15, -0.1) is 0 Å². The third-order valence-corrected chi connectivity index (χ3v) is 4.44. The molecule has 158 valence electrons. The molecule has 0 aromatic heterocycles. The Kier molecular flexibility index (Phi) is 6.63. The summed E-state index contributed by atoms with van der Waals surface area (Å²) in [6.45, 7) is 7.48. The number of aromatic hydroxyl groups is 1. The predicted molar refractivity (Wildman–Crippen MR) is 105 cm³/mol. The lowest BCUT2D eigenvalue weighted by Gasteiger charge is -2.20. The Morgan fingerprint density at radius 1 is 1.14 bits per heavy atom. The first-order valence-corrected chi connectivity index (χ1v) is 9.21. The molecule has 2 aromatic carbocycles. The maximum Gasteiger partial charge on any atom is 0.423 e. The summed E-state index contributed by atoms with van der Waals surface area (Å²) in [5.74, 6) is -2.18. The molecule has 7 heteroatoms. The van der Waals surface area contributed by atoms with Crippen LogP contribution in [0.3, 0.4) is 0 Å². The van der Waals surface area contributed by atoms with Gasteiger partial charge in [0, 0.05) is 13.0 Å². The second kappa shape index (κ2) is 8.45. The third kappa shape index (κ3) is 5.73. The number of aryl methyl sites for hydroxylation is 1. The van der Waals surface area contributed by atoms with Crippen molar-refractivity contribution in [3.05, 3.63) is 58.1 Å². The van der Waals surface area contributed by atoms with Gasteiger partial charge in [-0.3, -0.25) is 4.79 Å². The van der Waals surface area contributed by atoms with E-state index in [1.807, 2.05) is 6.92 Å². The Morgan fingerprint density at radius 3 is 2.31 bits per heavy atom. The normalized spacial score (nSPS) is 12.1. The molecule has 0 radical (unpaired) electrons. The van der Waals surface area contributed by atoms with E-state index in [2.05, 4.69) is 0 Å². The van der Waals surface area contributed by atoms with Crippen molar-refractivity contribution in [2.24, 2.45) is 11.1 Å². The van der Waals surface area contributed by atoms with Crippen molar-refractivity contribution < 1.29 is 27.8 Å². The molecule has 0 bridgehead atoms. The highest BCUT2D eigenvalue weighted by molar-refractivity contribution is 5.99. The van der Waals surface area contributed by atoms with Crippen LogP contribution in [0.4, 0.5) is 13.2 Å². The molecule has 4 nitrogen and oxygen atoms in total. The molecule has 0 fully saturated rings. The van der Waals surface area contributed by atoms with Gasteiger partial charge in [-0.25, -0.2) is 0 Å². The smallest absolute Gasteiger partial charge is 0.423 e. The predicted octanol–water partition coefficient (Wildman–Crippen LogP) is 5.38. The van der Waals surface area contributed by atoms with Gasteiger partial charge in [0.15, 0.2) is 5.78 Å². The van der Waals surface area contributed by atoms with Crippen molar-refractivity contribution in [3.8, 4) is 11.5 Å². The summed E-state index contributed by atoms with van der Waals surface area (Å²) >= 11 is 0. The van der Waals surface area contributed by atoms with Gasteiger partial charge in [0.2, 0.25) is 0 Å². The number of phenolic OH excluding ortho intramolecular Hbond substituents is 1. The number of phenols is 1. The number of alkyl halides is 3. The summed E-state index contributed by atoms with van der Waals surface area (Å²) in [6.07, 6.45) is -4.87. The molecule has 0 aliphatic carbocycles. The second-order valence-electron chi connectivity index (χ2n) is 8.25. The molecule has 0 amide bonds. The van der Waals surface area contributed by atoms with Crippen molar-refractivity contribution >= 4 is 5.78 Å². The molecule has 0 heterocycles. The number of carbonyl (C=O) groups excluding carboxylic acids is 1. The molecule has 2 aromatic rings. The summed E-state index contributed by atoms with van der Waals surface area (Å²) in [6, 6.07) is 7.57. The molecule has 0 unspecified atom stereocenters. The Morgan fingerprint density at radius 2 is 1.79 bits per heavy atom. The summed E-state index contributed by atoms with van der Waals surface area (Å²) in [4.78, 5) is 12.4. The molecule has 0 aliphatic heterocycles. The third-order valence-electron chi connectivity index (χ3n) is 4.44. The van der Waals surface area contributed by atoms with Gasteiger partial charge in [-0.2, -0.15) is 13.2 Å². The van der Waals surface area contributed by atoms with Gasteiger partial charge in [0.05, 0.1) is 5.56 Å². The first-order chi connectivity index (χ1) is 13.3. The number of benzene rings is 2. The fraction of sp³-hybridized carbons (Fsp3) is 0.409. The molecule has 2 rings (SSSR count). The summed E-state index contributed by atoms with van der Waals surface area (Å²) in [5, 5.41) is 10.2. The van der Waals surface area contributed by atoms with Gasteiger partial charge >= 0.3 is 6.18 Å². The van der Waals surface area contributed by atoms with Gasteiger partial charge in [-0.05, 0) is 41.2 Å². The number of hydrogen-bond acceptors (Lipinski definition) is 4. The van der Waals surface area contributed by atoms with Crippen molar-refractivity contribution in [1.82, 2.24) is 0 Å². The van der Waals surface area contributed by atoms with Gasteiger partial charge < -0.3 is 15.6 Å². The number of hydrogen-bond donors (Lipinski definition) is 2. The minimum absolute atomic E-state index is 0.00479. The van der Waals surface area contributed by atoms with Gasteiger partial charge in [0.25, 0.3) is 0 Å². The minimum atomic E-state index is -4.88. The highest BCUT2D eigenvalue weighted by atomic mass is 19.4. The number of ketones is 1. The van der Waals surface area contributed by atoms with Crippen molar-refractivity contribution in [1.29, 1.82) is 0 Å². The van der Waals surface area contributed by atoms with Gasteiger partial charge in [0.1, 0.15) is 23.7 Å². The van der Waals surface area contributed by atoms with Crippen LogP contribution in [0.1, 0.15) is 59.8 Å². The zero-order valence-corrected chi connectivity index (χ0v) is 17.0. The van der Waals surface area contributed by atoms with E-state index >= 15 is 0 Å². The molecule has 0 spiro atoms. The number of Topliss-reactive ketones (excluding diaryl/α,β-unsaturated/α-hetero) is 1. The maximum atomic E-state index is 13.6. The van der Waals surface area contributed by atoms with E-state index in [-0.39, 0.29) is 18.6 Å². The monoisotopic (exact) mass is 409 g/mol. The molecule has 0 atom stereocenters. The minimum Gasteiger partial charge on any atom is -0.506 e. The van der Waals surface area contributed by atoms with Crippen molar-refractivity contribution in [2.75, 3.05) is 0 Å². The number of carbonyl (C=O) groups is 1. The molecule has 29 heavy (non-hydrogen) atoms. The quantitative estimate of drug-likeness (QED) is 0.629. The maximum absolute atomic E-state index is 13.6. The van der Waals surface area contributed by atoms with Crippen LogP contribution < -0.4 is 10.5 Å². The van der Waals surface area contributed by atoms with E-state index < -0.39 is 34.4 Å². The van der Waals surface area contributed by atoms with Crippen LogP contribution in [0.5, 0.6) is 11.5 Å². The Balaban J connectivity index is 2.36. The summed E-state index contributed by atoms with van der Waals surface area (Å²) in [7, 11) is 0. The number of ether oxygens (including phenoxy) is 1. The lowest BCUT2D eigenvalue weighted by atomic mass is 9.87. The zero-order valence-electron chi connectivity index (χ0n) is 17.0. The highest BCUT2D eigenvalue weighted by Gasteiger charge is 2.40. The van der Waals surface area contributed by atoms with E-state index in [1.165, 1.54) is 6.07 Å². The Bertz CT molecular complexity index is 899. The van der Waals surface area contributed by atoms with Crippen molar-refractivity contribution in [3.63, 3.8) is 0 Å². The van der Waals surface area contributed by atoms with Crippen LogP contribution in [-0.4, -0.2) is 10.9 Å². The molecule has 3 N–H and O–H groups in total. The van der Waals surface area contributed by atoms with Crippen LogP contribution in [0.15, 0.2) is 30.3 Å². The van der Waals surface area contributed by atoms with Crippen LogP contribution in [0.2, 0.25) is 0 Å². The molecular weight excluding hydrogens is 383 g/mol. The SMILES string of the molecule is Cc1cc(COc2ccc(C(=O)CC(C)(C)C)c(O)c2C(F)(F)F)ccc1CN. The molecular formula is C22H26F3NO3. The Labute approximate surface area is 168 Å². The number of rotatable bonds is 6. The lowest BCUT2D eigenvalue weighted by Crippen LogP contribution is -2.16. The molecule has 0 saturated carbocycles. The van der Waals surface area contributed by atoms with Crippen LogP contribution in [-0.2, 0) is 19.3 Å². The fourth-order valence-corrected chi connectivity index (χ4v) is 3.01. The highest BCUT2D eigenvalue weighted by Crippen LogP contribution is 2.44. The standard InChI is InChI=1S/C22H26F3NO3/c1-13-9-14(5-6-15(13)11-26)12-29-18-8-7-16(17(27)10-21(2,3)4)20(28)19(18)22(23,24)25/h5-9,28H,10-12,26H2,1-4H3. The lowest BCUT2D eigenvalue weighted by molar-refractivity contribution is -0.140. The first-order valence-electron chi connectivity index (χ1n) is 9.21. The van der Waals surface area contributed by atoms with Crippen molar-refractivity contribution in [2.45, 2.75) is 53.4 Å². The topological polar surface area (TPSA) is 72.5 Å². The molecule has 0 aliphatic rings. The number of halogens is 3. The molecule has 0 saturated heterocycles. The average Bonchev–Trinajstić information content (AvgIpc) is 2.57. The summed E-state index contributed by atoms with van der Waals surface area (Å²) < 4.78 is 46.2. The van der Waals surface area contributed by atoms with E-state index in [0.29, 0.717) is 12.1 Å². The van der Waals surface area contributed by atoms with E-state index in [9.17, 15) is 23.1 Å². The van der Waals surface area contributed by atoms with E-state index in [0.717, 1.165) is 17.2 Å². The average molecular weight is 409 g/mol. The van der Waals surface area contributed by atoms with Gasteiger partial charge in [-0.1, -0.05) is 39.0 Å². The zero-order chi connectivity index (χ0) is 22.0. The second-order valence-corrected chi connectivity index (χ2v) is 8.25. The summed E-state index contributed by atoms with van der Waals surface area (Å²) in [5.41, 5.74) is 6.00. The van der Waals surface area contributed by atoms with E-state index in [4.69, 9.17) is 10.5 Å². The van der Waals surface area contributed by atoms with Crippen LogP contribution in [0, 0.1) is 12.3 Å².